The Balaban J connectivity index is 2.38. The van der Waals surface area contributed by atoms with E-state index in [0.29, 0.717) is 0 Å². The number of hydrogen-bond donors (Lipinski definition) is 2. The lowest BCUT2D eigenvalue weighted by atomic mass is 9.77. The maximum absolute atomic E-state index is 12.1. The van der Waals surface area contributed by atoms with Gasteiger partial charge >= 0.3 is 6.54 Å². The summed E-state index contributed by atoms with van der Waals surface area (Å²) in [5.74, 6) is 0.191. The van der Waals surface area contributed by atoms with E-state index in [1.54, 1.807) is 24.3 Å². The fraction of sp³-hybridized carbons (Fsp3) is 0.316. The van der Waals surface area contributed by atoms with E-state index in [9.17, 15) is 15.0 Å². The van der Waals surface area contributed by atoms with Gasteiger partial charge in [-0.1, -0.05) is 31.2 Å². The first-order valence-electron chi connectivity index (χ1n) is 7.95. The highest BCUT2D eigenvalue weighted by atomic mass is 16.3. The Morgan fingerprint density at radius 3 is 1.83 bits per heavy atom. The van der Waals surface area contributed by atoms with Crippen LogP contribution in [0.2, 0.25) is 0 Å². The first-order chi connectivity index (χ1) is 11.5. The van der Waals surface area contributed by atoms with Crippen molar-refractivity contribution in [3.63, 3.8) is 0 Å². The van der Waals surface area contributed by atoms with Crippen molar-refractivity contribution in [2.24, 2.45) is 0 Å². The van der Waals surface area contributed by atoms with Gasteiger partial charge in [0.15, 0.2) is 0 Å². The first-order valence-corrected chi connectivity index (χ1v) is 7.95. The Bertz CT molecular complexity index is 718. The molecule has 0 aliphatic carbocycles. The van der Waals surface area contributed by atoms with Crippen molar-refractivity contribution in [3.8, 4) is 11.5 Å². The average molecular weight is 325 g/mol. The third kappa shape index (κ3) is 4.32. The Kier molecular flexibility index (Phi) is 5.91. The monoisotopic (exact) mass is 325 g/mol. The topological polar surface area (TPSA) is 85.7 Å². The molecule has 0 radical (unpaired) electrons. The fourth-order valence-electron chi connectivity index (χ4n) is 3.08. The average Bonchev–Trinajstić information content (AvgIpc) is 2.57. The fourth-order valence-corrected chi connectivity index (χ4v) is 3.08. The number of Topliss-reactive ketones (excluding diaryl/α,β-unsaturated/α-hetero) is 1. The number of aromatic hydroxyl groups is 2. The second-order valence-electron chi connectivity index (χ2n) is 5.85. The van der Waals surface area contributed by atoms with E-state index in [1.807, 2.05) is 31.2 Å². The number of diazo groups is 1. The zero-order valence-corrected chi connectivity index (χ0v) is 13.6. The highest BCUT2D eigenvalue weighted by Gasteiger charge is 2.27. The van der Waals surface area contributed by atoms with E-state index in [0.717, 1.165) is 17.5 Å². The van der Waals surface area contributed by atoms with Crippen LogP contribution in [0.3, 0.4) is 0 Å². The number of phenols is 2. The molecular formula is C19H21N2O3+. The minimum absolute atomic E-state index is 0.0674. The largest absolute Gasteiger partial charge is 0.508 e. The van der Waals surface area contributed by atoms with Gasteiger partial charge in [0.05, 0.1) is 0 Å². The van der Waals surface area contributed by atoms with Crippen LogP contribution in [0.5, 0.6) is 11.5 Å². The van der Waals surface area contributed by atoms with E-state index in [4.69, 9.17) is 5.39 Å². The van der Waals surface area contributed by atoms with E-state index < -0.39 is 0 Å². The van der Waals surface area contributed by atoms with Crippen molar-refractivity contribution < 1.29 is 15.0 Å². The van der Waals surface area contributed by atoms with Gasteiger partial charge in [0.25, 0.3) is 0 Å². The van der Waals surface area contributed by atoms with Gasteiger partial charge in [-0.2, -0.15) is 0 Å². The van der Waals surface area contributed by atoms with Gasteiger partial charge in [-0.05, 0) is 53.6 Å². The van der Waals surface area contributed by atoms with E-state index in [2.05, 4.69) is 4.98 Å². The van der Waals surface area contributed by atoms with Gasteiger partial charge in [-0.3, -0.25) is 4.79 Å². The Labute approximate surface area is 141 Å². The van der Waals surface area contributed by atoms with Crippen LogP contribution >= 0.6 is 0 Å². The second-order valence-corrected chi connectivity index (χ2v) is 5.85. The van der Waals surface area contributed by atoms with E-state index >= 15 is 0 Å². The van der Waals surface area contributed by atoms with Crippen molar-refractivity contribution in [3.05, 3.63) is 64.6 Å². The second kappa shape index (κ2) is 8.11. The van der Waals surface area contributed by atoms with Crippen molar-refractivity contribution in [2.45, 2.75) is 31.6 Å². The number of nitrogens with zero attached hydrogens (tertiary/aromatic N) is 2. The summed E-state index contributed by atoms with van der Waals surface area (Å²) in [6.07, 6.45) is 1.05. The third-order valence-corrected chi connectivity index (χ3v) is 4.26. The summed E-state index contributed by atoms with van der Waals surface area (Å²) in [5, 5.41) is 27.6. The third-order valence-electron chi connectivity index (χ3n) is 4.26. The molecule has 0 saturated carbocycles. The lowest BCUT2D eigenvalue weighted by molar-refractivity contribution is -0.117. The lowest BCUT2D eigenvalue weighted by Gasteiger charge is -2.26. The number of rotatable bonds is 7. The van der Waals surface area contributed by atoms with Gasteiger partial charge in [0.1, 0.15) is 16.5 Å². The van der Waals surface area contributed by atoms with Crippen LogP contribution in [0.15, 0.2) is 48.5 Å². The smallest absolute Gasteiger partial charge is 0.362 e. The molecule has 2 aromatic carbocycles. The number of phenolic OH excluding ortho intramolecular Hbond substituents is 2. The van der Waals surface area contributed by atoms with E-state index in [-0.39, 0.29) is 42.1 Å². The molecule has 0 aliphatic heterocycles. The number of carbonyl (C=O) groups is 1. The number of carbonyl (C=O) groups excluding carboxylic acids is 1. The minimum Gasteiger partial charge on any atom is -0.508 e. The van der Waals surface area contributed by atoms with Crippen LogP contribution in [0.25, 0.3) is 4.98 Å². The predicted octanol–water partition coefficient (Wildman–Crippen LogP) is 4.19. The number of ketones is 1. The van der Waals surface area contributed by atoms with Crippen LogP contribution in [0, 0.1) is 5.39 Å². The first kappa shape index (κ1) is 17.5. The molecule has 0 amide bonds. The molecule has 0 fully saturated rings. The summed E-state index contributed by atoms with van der Waals surface area (Å²) >= 11 is 0. The molecule has 0 aliphatic rings. The summed E-state index contributed by atoms with van der Waals surface area (Å²) < 4.78 is 0. The summed E-state index contributed by atoms with van der Waals surface area (Å²) in [4.78, 5) is 15.0. The quantitative estimate of drug-likeness (QED) is 0.747. The summed E-state index contributed by atoms with van der Waals surface area (Å²) in [6.45, 7) is 1.83. The SMILES string of the molecule is CC[C@H](c1ccc(O)cc1)[C@@H](CC(=O)C[N+]#N)c1ccc(O)cc1. The normalized spacial score (nSPS) is 13.0. The van der Waals surface area contributed by atoms with Gasteiger partial charge in [0.2, 0.25) is 11.2 Å². The standard InChI is InChI=1S/C19H20N2O3/c1-2-18(13-3-7-15(22)8-4-13)19(11-17(24)12-21-20)14-5-9-16(23)10-6-14/h3-10,18-19H,2,11-12H2,1H3,(H-,22,23)/p+1/t18-,19+/m1/s1. The zero-order chi connectivity index (χ0) is 17.5. The molecule has 2 rings (SSSR count). The van der Waals surface area contributed by atoms with Crippen LogP contribution in [-0.4, -0.2) is 22.5 Å². The van der Waals surface area contributed by atoms with Gasteiger partial charge in [-0.25, -0.2) is 0 Å². The molecule has 2 N–H and O–H groups in total. The van der Waals surface area contributed by atoms with Gasteiger partial charge in [-0.15, -0.1) is 0 Å². The van der Waals surface area contributed by atoms with Crippen molar-refractivity contribution in [1.82, 2.24) is 0 Å². The molecule has 0 heterocycles. The number of benzene rings is 2. The molecular weight excluding hydrogens is 304 g/mol. The molecule has 0 saturated heterocycles. The molecule has 0 unspecified atom stereocenters. The molecule has 0 bridgehead atoms. The maximum Gasteiger partial charge on any atom is 0.362 e. The minimum atomic E-state index is -0.222. The van der Waals surface area contributed by atoms with Gasteiger partial charge < -0.3 is 10.2 Å². The van der Waals surface area contributed by atoms with Crippen LogP contribution in [-0.2, 0) is 4.79 Å². The summed E-state index contributed by atoms with van der Waals surface area (Å²) in [7, 11) is 0. The highest BCUT2D eigenvalue weighted by molar-refractivity contribution is 5.82. The van der Waals surface area contributed by atoms with E-state index in [1.165, 1.54) is 0 Å². The molecule has 5 nitrogen and oxygen atoms in total. The van der Waals surface area contributed by atoms with Crippen molar-refractivity contribution in [2.75, 3.05) is 6.54 Å². The maximum atomic E-state index is 12.1. The molecule has 24 heavy (non-hydrogen) atoms. The van der Waals surface area contributed by atoms with Crippen LogP contribution in [0.1, 0.15) is 42.7 Å². The molecule has 0 aromatic heterocycles. The summed E-state index contributed by atoms with van der Waals surface area (Å²) in [5.41, 5.74) is 1.97. The van der Waals surface area contributed by atoms with Crippen molar-refractivity contribution >= 4 is 5.78 Å². The molecule has 2 aromatic rings. The predicted molar refractivity (Wildman–Crippen MR) is 91.6 cm³/mol. The molecule has 5 heteroatoms. The van der Waals surface area contributed by atoms with Gasteiger partial charge in [0, 0.05) is 6.42 Å². The zero-order valence-electron chi connectivity index (χ0n) is 13.6. The highest BCUT2D eigenvalue weighted by Crippen LogP contribution is 2.39. The Hall–Kier alpha value is -2.87. The van der Waals surface area contributed by atoms with Crippen LogP contribution in [0.4, 0.5) is 0 Å². The molecule has 2 atom stereocenters. The van der Waals surface area contributed by atoms with Crippen molar-refractivity contribution in [1.29, 1.82) is 5.39 Å². The molecule has 0 spiro atoms. The molecule has 124 valence electrons. The summed E-state index contributed by atoms with van der Waals surface area (Å²) in [6, 6.07) is 13.8. The lowest BCUT2D eigenvalue weighted by Crippen LogP contribution is -2.16. The number of hydrogen-bond acceptors (Lipinski definition) is 4. The Morgan fingerprint density at radius 1 is 0.958 bits per heavy atom. The Morgan fingerprint density at radius 2 is 1.42 bits per heavy atom. The van der Waals surface area contributed by atoms with Crippen LogP contribution < -0.4 is 0 Å².